The van der Waals surface area contributed by atoms with Crippen molar-refractivity contribution >= 4 is 39.3 Å². The van der Waals surface area contributed by atoms with Crippen LogP contribution in [0.1, 0.15) is 21.9 Å². The van der Waals surface area contributed by atoms with Crippen molar-refractivity contribution in [2.24, 2.45) is 0 Å². The lowest BCUT2D eigenvalue weighted by atomic mass is 10.3. The zero-order chi connectivity index (χ0) is 17.1. The molecule has 3 aromatic rings. The van der Waals surface area contributed by atoms with Crippen LogP contribution < -0.4 is 10.6 Å². The summed E-state index contributed by atoms with van der Waals surface area (Å²) in [6, 6.07) is 10.8. The molecule has 2 heterocycles. The first kappa shape index (κ1) is 16.1. The van der Waals surface area contributed by atoms with Gasteiger partial charge in [-0.15, -0.1) is 0 Å². The summed E-state index contributed by atoms with van der Waals surface area (Å²) >= 11 is 3.38. The highest BCUT2D eigenvalue weighted by Crippen LogP contribution is 2.18. The Balaban J connectivity index is 1.80. The third-order valence-electron chi connectivity index (χ3n) is 3.06. The van der Waals surface area contributed by atoms with Crippen LogP contribution >= 0.6 is 15.9 Å². The van der Waals surface area contributed by atoms with E-state index in [4.69, 9.17) is 4.52 Å². The third-order valence-corrected chi connectivity index (χ3v) is 3.59. The first-order valence-electron chi connectivity index (χ1n) is 7.12. The zero-order valence-electron chi connectivity index (χ0n) is 13.0. The van der Waals surface area contributed by atoms with E-state index in [1.54, 1.807) is 26.0 Å². The largest absolute Gasteiger partial charge is 0.360 e. The van der Waals surface area contributed by atoms with Gasteiger partial charge < -0.3 is 15.2 Å². The van der Waals surface area contributed by atoms with Gasteiger partial charge in [0.25, 0.3) is 5.91 Å². The fraction of sp³-hybridized carbons (Fsp3) is 0.125. The molecule has 0 fully saturated rings. The van der Waals surface area contributed by atoms with Gasteiger partial charge in [0.15, 0.2) is 5.82 Å². The molecule has 2 N–H and O–H groups in total. The number of carbonyl (C=O) groups excluding carboxylic acids is 1. The van der Waals surface area contributed by atoms with Crippen LogP contribution in [0.3, 0.4) is 0 Å². The van der Waals surface area contributed by atoms with Crippen molar-refractivity contribution < 1.29 is 9.32 Å². The molecule has 0 saturated carbocycles. The Morgan fingerprint density at radius 1 is 1.12 bits per heavy atom. The summed E-state index contributed by atoms with van der Waals surface area (Å²) < 4.78 is 5.90. The summed E-state index contributed by atoms with van der Waals surface area (Å²) in [4.78, 5) is 20.9. The Hall–Kier alpha value is -2.74. The minimum absolute atomic E-state index is 0.239. The maximum Gasteiger partial charge on any atom is 0.275 e. The minimum atomic E-state index is -0.382. The number of hydrogen-bond acceptors (Lipinski definition) is 6. The molecule has 0 atom stereocenters. The predicted molar refractivity (Wildman–Crippen MR) is 93.4 cm³/mol. The van der Waals surface area contributed by atoms with Crippen LogP contribution in [0, 0.1) is 13.8 Å². The smallest absolute Gasteiger partial charge is 0.275 e. The summed E-state index contributed by atoms with van der Waals surface area (Å²) in [6.07, 6.45) is 0. The maximum atomic E-state index is 12.3. The molecule has 7 nitrogen and oxygen atoms in total. The third kappa shape index (κ3) is 3.96. The fourth-order valence-electron chi connectivity index (χ4n) is 2.01. The normalized spacial score (nSPS) is 10.5. The summed E-state index contributed by atoms with van der Waals surface area (Å²) in [5.74, 6) is 0.921. The quantitative estimate of drug-likeness (QED) is 0.706. The monoisotopic (exact) mass is 387 g/mol. The van der Waals surface area contributed by atoms with Crippen LogP contribution in [0.2, 0.25) is 0 Å². The number of halogens is 1. The van der Waals surface area contributed by atoms with Crippen LogP contribution in [-0.4, -0.2) is 21.0 Å². The highest BCUT2D eigenvalue weighted by atomic mass is 79.9. The standard InChI is InChI=1S/C16H14BrN5O2/c1-9-7-13(15(23)21-14-8-10(2)24-22-14)20-16(18-9)19-12-5-3-11(17)4-6-12/h3-8H,1-2H3,(H,18,19,20)(H,21,22,23). The molecule has 0 bridgehead atoms. The van der Waals surface area contributed by atoms with Gasteiger partial charge in [-0.05, 0) is 44.2 Å². The molecule has 0 spiro atoms. The van der Waals surface area contributed by atoms with E-state index >= 15 is 0 Å². The van der Waals surface area contributed by atoms with Gasteiger partial charge >= 0.3 is 0 Å². The summed E-state index contributed by atoms with van der Waals surface area (Å²) in [6.45, 7) is 3.54. The molecule has 1 amide bonds. The van der Waals surface area contributed by atoms with Gasteiger partial charge in [-0.1, -0.05) is 21.1 Å². The lowest BCUT2D eigenvalue weighted by Crippen LogP contribution is -2.15. The van der Waals surface area contributed by atoms with Gasteiger partial charge in [-0.2, -0.15) is 0 Å². The maximum absolute atomic E-state index is 12.3. The van der Waals surface area contributed by atoms with Crippen LogP contribution in [0.15, 0.2) is 45.4 Å². The van der Waals surface area contributed by atoms with Gasteiger partial charge in [0.2, 0.25) is 5.95 Å². The van der Waals surface area contributed by atoms with E-state index in [1.165, 1.54) is 0 Å². The van der Waals surface area contributed by atoms with E-state index in [2.05, 4.69) is 41.7 Å². The molecule has 1 aromatic carbocycles. The molecule has 0 aliphatic carbocycles. The average molecular weight is 388 g/mol. The number of nitrogens with one attached hydrogen (secondary N) is 2. The first-order chi connectivity index (χ1) is 11.5. The Kier molecular flexibility index (Phi) is 4.57. The summed E-state index contributed by atoms with van der Waals surface area (Å²) in [7, 11) is 0. The fourth-order valence-corrected chi connectivity index (χ4v) is 2.27. The van der Waals surface area contributed by atoms with Crippen LogP contribution in [0.25, 0.3) is 0 Å². The van der Waals surface area contributed by atoms with Crippen molar-refractivity contribution in [2.45, 2.75) is 13.8 Å². The van der Waals surface area contributed by atoms with Crippen molar-refractivity contribution in [2.75, 3.05) is 10.6 Å². The minimum Gasteiger partial charge on any atom is -0.360 e. The van der Waals surface area contributed by atoms with Crippen LogP contribution in [0.4, 0.5) is 17.5 Å². The van der Waals surface area contributed by atoms with E-state index < -0.39 is 0 Å². The van der Waals surface area contributed by atoms with Crippen molar-refractivity contribution in [3.8, 4) is 0 Å². The number of anilines is 3. The topological polar surface area (TPSA) is 92.9 Å². The van der Waals surface area contributed by atoms with Crippen molar-refractivity contribution in [1.82, 2.24) is 15.1 Å². The number of benzene rings is 1. The van der Waals surface area contributed by atoms with E-state index in [0.717, 1.165) is 10.2 Å². The number of rotatable bonds is 4. The second-order valence-electron chi connectivity index (χ2n) is 5.13. The SMILES string of the molecule is Cc1cc(C(=O)Nc2cc(C)on2)nc(Nc2ccc(Br)cc2)n1. The van der Waals surface area contributed by atoms with E-state index in [-0.39, 0.29) is 11.6 Å². The molecule has 8 heteroatoms. The second kappa shape index (κ2) is 6.79. The number of nitrogens with zero attached hydrogens (tertiary/aromatic N) is 3. The Bertz CT molecular complexity index is 876. The van der Waals surface area contributed by atoms with Gasteiger partial charge in [-0.25, -0.2) is 9.97 Å². The highest BCUT2D eigenvalue weighted by molar-refractivity contribution is 9.10. The second-order valence-corrected chi connectivity index (χ2v) is 6.04. The molecular weight excluding hydrogens is 374 g/mol. The van der Waals surface area contributed by atoms with E-state index in [0.29, 0.717) is 23.2 Å². The average Bonchev–Trinajstić information content (AvgIpc) is 2.94. The van der Waals surface area contributed by atoms with Gasteiger partial charge in [-0.3, -0.25) is 4.79 Å². The van der Waals surface area contributed by atoms with Gasteiger partial charge in [0, 0.05) is 21.9 Å². The number of hydrogen-bond donors (Lipinski definition) is 2. The van der Waals surface area contributed by atoms with Crippen molar-refractivity contribution in [1.29, 1.82) is 0 Å². The van der Waals surface area contributed by atoms with Crippen LogP contribution in [0.5, 0.6) is 0 Å². The van der Waals surface area contributed by atoms with E-state index in [9.17, 15) is 4.79 Å². The lowest BCUT2D eigenvalue weighted by Gasteiger charge is -2.08. The molecule has 0 saturated heterocycles. The summed E-state index contributed by atoms with van der Waals surface area (Å²) in [5.41, 5.74) is 1.73. The van der Waals surface area contributed by atoms with E-state index in [1.807, 2.05) is 24.3 Å². The number of amides is 1. The van der Waals surface area contributed by atoms with Crippen LogP contribution in [-0.2, 0) is 0 Å². The number of aromatic nitrogens is 3. The first-order valence-corrected chi connectivity index (χ1v) is 7.92. The molecule has 2 aromatic heterocycles. The predicted octanol–water partition coefficient (Wildman–Crippen LogP) is 3.84. The molecule has 0 aliphatic rings. The Morgan fingerprint density at radius 2 is 1.88 bits per heavy atom. The van der Waals surface area contributed by atoms with Gasteiger partial charge in [0.05, 0.1) is 0 Å². The van der Waals surface area contributed by atoms with Gasteiger partial charge in [0.1, 0.15) is 11.5 Å². The van der Waals surface area contributed by atoms with Crippen molar-refractivity contribution in [3.63, 3.8) is 0 Å². The molecule has 24 heavy (non-hydrogen) atoms. The summed E-state index contributed by atoms with van der Waals surface area (Å²) in [5, 5.41) is 9.45. The van der Waals surface area contributed by atoms with Crippen molar-refractivity contribution in [3.05, 3.63) is 58.0 Å². The molecular formula is C16H14BrN5O2. The Labute approximate surface area is 146 Å². The molecule has 0 radical (unpaired) electrons. The number of carbonyl (C=O) groups is 1. The zero-order valence-corrected chi connectivity index (χ0v) is 14.6. The Morgan fingerprint density at radius 3 is 2.54 bits per heavy atom. The molecule has 0 aliphatic heterocycles. The lowest BCUT2D eigenvalue weighted by molar-refractivity contribution is 0.102. The molecule has 3 rings (SSSR count). The molecule has 122 valence electrons. The molecule has 0 unspecified atom stereocenters. The number of aryl methyl sites for hydroxylation is 2. The highest BCUT2D eigenvalue weighted by Gasteiger charge is 2.13.